The van der Waals surface area contributed by atoms with E-state index >= 15 is 0 Å². The van der Waals surface area contributed by atoms with E-state index in [0.29, 0.717) is 28.3 Å². The van der Waals surface area contributed by atoms with Crippen LogP contribution in [0.4, 0.5) is 5.69 Å². The molecule has 0 aliphatic heterocycles. The molecule has 2 rings (SSSR count). The summed E-state index contributed by atoms with van der Waals surface area (Å²) in [6.07, 6.45) is 0. The van der Waals surface area contributed by atoms with Gasteiger partial charge in [-0.15, -0.1) is 0 Å². The Morgan fingerprint density at radius 3 is 2.89 bits per heavy atom. The number of benzene rings is 1. The molecule has 0 saturated heterocycles. The van der Waals surface area contributed by atoms with Gasteiger partial charge in [0, 0.05) is 5.56 Å². The molecule has 2 aromatic rings. The van der Waals surface area contributed by atoms with Crippen molar-refractivity contribution in [1.29, 1.82) is 0 Å². The minimum absolute atomic E-state index is 0.475. The molecule has 2 N–H and O–H groups in total. The smallest absolute Gasteiger partial charge is 0.258 e. The van der Waals surface area contributed by atoms with Crippen molar-refractivity contribution < 1.29 is 4.52 Å². The van der Waals surface area contributed by atoms with Crippen molar-refractivity contribution in [2.75, 3.05) is 11.5 Å². The van der Waals surface area contributed by atoms with Crippen molar-refractivity contribution in [1.82, 2.24) is 10.1 Å². The van der Waals surface area contributed by atoms with Gasteiger partial charge in [-0.3, -0.25) is 0 Å². The van der Waals surface area contributed by atoms with E-state index in [1.165, 1.54) is 0 Å². The molecule has 0 bridgehead atoms. The summed E-state index contributed by atoms with van der Waals surface area (Å²) in [6, 6.07) is 5.28. The van der Waals surface area contributed by atoms with E-state index in [1.54, 1.807) is 23.9 Å². The molecule has 1 aromatic carbocycles. The number of thioether (sulfide) groups is 1. The van der Waals surface area contributed by atoms with Crippen molar-refractivity contribution in [3.63, 3.8) is 0 Å². The topological polar surface area (TPSA) is 64.9 Å². The van der Waals surface area contributed by atoms with Crippen LogP contribution in [0.3, 0.4) is 0 Å². The van der Waals surface area contributed by atoms with E-state index < -0.39 is 0 Å². The zero-order chi connectivity index (χ0) is 13.8. The Bertz CT molecular complexity index is 557. The van der Waals surface area contributed by atoms with E-state index in [4.69, 9.17) is 21.9 Å². The summed E-state index contributed by atoms with van der Waals surface area (Å²) in [5.74, 6) is 3.67. The third-order valence-corrected chi connectivity index (χ3v) is 4.10. The van der Waals surface area contributed by atoms with Crippen LogP contribution in [0.15, 0.2) is 22.7 Å². The van der Waals surface area contributed by atoms with Crippen LogP contribution >= 0.6 is 23.4 Å². The number of hydrogen-bond acceptors (Lipinski definition) is 5. The minimum atomic E-state index is 0.475. The van der Waals surface area contributed by atoms with Gasteiger partial charge in [0.2, 0.25) is 0 Å². The highest BCUT2D eigenvalue weighted by molar-refractivity contribution is 7.98. The first-order valence-electron chi connectivity index (χ1n) is 6.02. The standard InChI is InChI=1S/C13H16ClN3OS/c1-8(2)6-19-7-12-16-13(18-17-12)9-3-4-10(14)11(15)5-9/h3-5,8H,6-7,15H2,1-2H3. The highest BCUT2D eigenvalue weighted by atomic mass is 35.5. The van der Waals surface area contributed by atoms with Crippen molar-refractivity contribution in [2.24, 2.45) is 5.92 Å². The van der Waals surface area contributed by atoms with Gasteiger partial charge in [-0.25, -0.2) is 0 Å². The van der Waals surface area contributed by atoms with Gasteiger partial charge in [0.15, 0.2) is 5.82 Å². The van der Waals surface area contributed by atoms with Crippen molar-refractivity contribution in [3.8, 4) is 11.5 Å². The number of rotatable bonds is 5. The van der Waals surface area contributed by atoms with Crippen LogP contribution < -0.4 is 5.73 Å². The van der Waals surface area contributed by atoms with Crippen LogP contribution in [0.25, 0.3) is 11.5 Å². The molecular weight excluding hydrogens is 282 g/mol. The van der Waals surface area contributed by atoms with Crippen LogP contribution in [-0.2, 0) is 5.75 Å². The van der Waals surface area contributed by atoms with Gasteiger partial charge in [-0.2, -0.15) is 16.7 Å². The van der Waals surface area contributed by atoms with E-state index in [9.17, 15) is 0 Å². The molecule has 6 heteroatoms. The Balaban J connectivity index is 2.05. The van der Waals surface area contributed by atoms with E-state index in [1.807, 2.05) is 6.07 Å². The Kier molecular flexibility index (Phi) is 4.71. The van der Waals surface area contributed by atoms with Gasteiger partial charge in [-0.05, 0) is 29.9 Å². The molecule has 0 saturated carbocycles. The highest BCUT2D eigenvalue weighted by Gasteiger charge is 2.10. The second kappa shape index (κ2) is 6.30. The molecule has 1 heterocycles. The SMILES string of the molecule is CC(C)CSCc1noc(-c2ccc(Cl)c(N)c2)n1. The normalized spacial score (nSPS) is 11.2. The molecular formula is C13H16ClN3OS. The maximum absolute atomic E-state index is 5.88. The third kappa shape index (κ3) is 3.88. The lowest BCUT2D eigenvalue weighted by Crippen LogP contribution is -1.92. The third-order valence-electron chi connectivity index (χ3n) is 2.39. The van der Waals surface area contributed by atoms with Gasteiger partial charge in [0.25, 0.3) is 5.89 Å². The summed E-state index contributed by atoms with van der Waals surface area (Å²) in [6.45, 7) is 4.37. The average Bonchev–Trinajstić information content (AvgIpc) is 2.81. The summed E-state index contributed by atoms with van der Waals surface area (Å²) >= 11 is 7.67. The lowest BCUT2D eigenvalue weighted by atomic mass is 10.2. The Morgan fingerprint density at radius 1 is 1.42 bits per heavy atom. The number of anilines is 1. The lowest BCUT2D eigenvalue weighted by molar-refractivity contribution is 0.425. The Hall–Kier alpha value is -1.20. The second-order valence-corrected chi connectivity index (χ2v) is 6.10. The summed E-state index contributed by atoms with van der Waals surface area (Å²) in [5, 5.41) is 4.48. The fourth-order valence-electron chi connectivity index (χ4n) is 1.49. The molecule has 0 atom stereocenters. The molecule has 0 aliphatic carbocycles. The number of aromatic nitrogens is 2. The predicted octanol–water partition coefficient (Wildman–Crippen LogP) is 3.86. The number of nitrogens with zero attached hydrogens (tertiary/aromatic N) is 2. The zero-order valence-corrected chi connectivity index (χ0v) is 12.5. The first-order valence-corrected chi connectivity index (χ1v) is 7.55. The maximum atomic E-state index is 5.88. The predicted molar refractivity (Wildman–Crippen MR) is 80.2 cm³/mol. The number of nitrogen functional groups attached to an aromatic ring is 1. The van der Waals surface area contributed by atoms with Crippen LogP contribution in [0, 0.1) is 5.92 Å². The van der Waals surface area contributed by atoms with E-state index in [2.05, 4.69) is 24.0 Å². The monoisotopic (exact) mass is 297 g/mol. The molecule has 19 heavy (non-hydrogen) atoms. The fraction of sp³-hybridized carbons (Fsp3) is 0.385. The van der Waals surface area contributed by atoms with Crippen molar-refractivity contribution >= 4 is 29.1 Å². The molecule has 1 aromatic heterocycles. The van der Waals surface area contributed by atoms with E-state index in [-0.39, 0.29) is 0 Å². The quantitative estimate of drug-likeness (QED) is 0.849. The molecule has 0 aliphatic rings. The summed E-state index contributed by atoms with van der Waals surface area (Å²) in [7, 11) is 0. The fourth-order valence-corrected chi connectivity index (χ4v) is 2.50. The number of nitrogens with two attached hydrogens (primary N) is 1. The van der Waals surface area contributed by atoms with E-state index in [0.717, 1.165) is 17.1 Å². The van der Waals surface area contributed by atoms with Gasteiger partial charge >= 0.3 is 0 Å². The summed E-state index contributed by atoms with van der Waals surface area (Å²) in [4.78, 5) is 4.35. The molecule has 0 radical (unpaired) electrons. The number of halogens is 1. The molecule has 102 valence electrons. The summed E-state index contributed by atoms with van der Waals surface area (Å²) < 4.78 is 5.23. The largest absolute Gasteiger partial charge is 0.398 e. The summed E-state index contributed by atoms with van der Waals surface area (Å²) in [5.41, 5.74) is 7.05. The average molecular weight is 298 g/mol. The molecule has 0 unspecified atom stereocenters. The van der Waals surface area contributed by atoms with Crippen LogP contribution in [0.1, 0.15) is 19.7 Å². The molecule has 4 nitrogen and oxygen atoms in total. The highest BCUT2D eigenvalue weighted by Crippen LogP contribution is 2.26. The van der Waals surface area contributed by atoms with Gasteiger partial charge in [0.1, 0.15) is 0 Å². The van der Waals surface area contributed by atoms with Crippen LogP contribution in [0.5, 0.6) is 0 Å². The van der Waals surface area contributed by atoms with Gasteiger partial charge in [0.05, 0.1) is 16.5 Å². The van der Waals surface area contributed by atoms with Gasteiger partial charge in [-0.1, -0.05) is 30.6 Å². The minimum Gasteiger partial charge on any atom is -0.398 e. The van der Waals surface area contributed by atoms with Crippen molar-refractivity contribution in [2.45, 2.75) is 19.6 Å². The maximum Gasteiger partial charge on any atom is 0.258 e. The second-order valence-electron chi connectivity index (χ2n) is 4.66. The van der Waals surface area contributed by atoms with Crippen LogP contribution in [-0.4, -0.2) is 15.9 Å². The zero-order valence-electron chi connectivity index (χ0n) is 10.9. The Labute approximate surface area is 121 Å². The first-order chi connectivity index (χ1) is 9.06. The number of hydrogen-bond donors (Lipinski definition) is 1. The lowest BCUT2D eigenvalue weighted by Gasteiger charge is -2.00. The Morgan fingerprint density at radius 2 is 2.21 bits per heavy atom. The molecule has 0 fully saturated rings. The van der Waals surface area contributed by atoms with Gasteiger partial charge < -0.3 is 10.3 Å². The van der Waals surface area contributed by atoms with Crippen molar-refractivity contribution in [3.05, 3.63) is 29.0 Å². The molecule has 0 amide bonds. The first kappa shape index (κ1) is 14.2. The van der Waals surface area contributed by atoms with Crippen LogP contribution in [0.2, 0.25) is 5.02 Å². The molecule has 0 spiro atoms.